The average Bonchev–Trinajstić information content (AvgIpc) is 2.15. The van der Waals surface area contributed by atoms with Crippen LogP contribution in [-0.4, -0.2) is 17.7 Å². The molecule has 1 saturated carbocycles. The summed E-state index contributed by atoms with van der Waals surface area (Å²) in [4.78, 5) is 10.2. The normalized spacial score (nSPS) is 27.6. The van der Waals surface area contributed by atoms with Gasteiger partial charge in [0.2, 0.25) is 0 Å². The Morgan fingerprint density at radius 2 is 2.08 bits per heavy atom. The van der Waals surface area contributed by atoms with Gasteiger partial charge in [0.05, 0.1) is 0 Å². The Bertz CT molecular complexity index is 211. The monoisotopic (exact) mass is 181 g/mol. The molecular weight excluding hydrogens is 166 g/mol. The predicted molar refractivity (Wildman–Crippen MR) is 50.3 cm³/mol. The summed E-state index contributed by atoms with van der Waals surface area (Å²) in [5.74, 6) is 3.66. The first-order chi connectivity index (χ1) is 6.22. The van der Waals surface area contributed by atoms with Crippen LogP contribution in [-0.2, 0) is 0 Å². The van der Waals surface area contributed by atoms with Crippen LogP contribution in [0.5, 0.6) is 0 Å². The number of amides is 1. The molecule has 3 heteroatoms. The van der Waals surface area contributed by atoms with E-state index >= 15 is 0 Å². The van der Waals surface area contributed by atoms with Gasteiger partial charge in [0.15, 0.2) is 0 Å². The van der Waals surface area contributed by atoms with E-state index in [2.05, 4.69) is 11.2 Å². The van der Waals surface area contributed by atoms with Crippen molar-refractivity contribution in [1.82, 2.24) is 5.32 Å². The number of rotatable bonds is 2. The van der Waals surface area contributed by atoms with Gasteiger partial charge < -0.3 is 10.4 Å². The molecule has 0 heterocycles. The number of nitrogens with one attached hydrogen (secondary N) is 1. The zero-order chi connectivity index (χ0) is 9.68. The van der Waals surface area contributed by atoms with Crippen molar-refractivity contribution in [1.29, 1.82) is 0 Å². The van der Waals surface area contributed by atoms with Gasteiger partial charge >= 0.3 is 6.09 Å². The summed E-state index contributed by atoms with van der Waals surface area (Å²) in [5.41, 5.74) is 0. The maximum atomic E-state index is 10.2. The van der Waals surface area contributed by atoms with E-state index in [-0.39, 0.29) is 0 Å². The molecule has 0 aromatic heterocycles. The molecule has 1 aliphatic carbocycles. The van der Waals surface area contributed by atoms with Gasteiger partial charge in [-0.1, -0.05) is 0 Å². The zero-order valence-corrected chi connectivity index (χ0v) is 7.62. The summed E-state index contributed by atoms with van der Waals surface area (Å²) in [5, 5.41) is 10.8. The molecule has 0 spiro atoms. The van der Waals surface area contributed by atoms with E-state index in [9.17, 15) is 4.79 Å². The highest BCUT2D eigenvalue weighted by Crippen LogP contribution is 2.27. The van der Waals surface area contributed by atoms with Gasteiger partial charge in [-0.2, -0.15) is 0 Å². The molecule has 1 amide bonds. The van der Waals surface area contributed by atoms with Crippen LogP contribution >= 0.6 is 0 Å². The molecule has 3 nitrogen and oxygen atoms in total. The average molecular weight is 181 g/mol. The van der Waals surface area contributed by atoms with Crippen LogP contribution in [0.1, 0.15) is 25.7 Å². The summed E-state index contributed by atoms with van der Waals surface area (Å²) >= 11 is 0. The Morgan fingerprint density at radius 1 is 1.46 bits per heavy atom. The van der Waals surface area contributed by atoms with Crippen molar-refractivity contribution < 1.29 is 9.90 Å². The second-order valence-electron chi connectivity index (χ2n) is 3.57. The van der Waals surface area contributed by atoms with Gasteiger partial charge in [-0.05, 0) is 31.6 Å². The number of carbonyl (C=O) groups is 1. The van der Waals surface area contributed by atoms with E-state index in [4.69, 9.17) is 11.5 Å². The van der Waals surface area contributed by atoms with E-state index in [1.807, 2.05) is 0 Å². The molecule has 0 atom stereocenters. The van der Waals surface area contributed by atoms with Crippen LogP contribution in [0.25, 0.3) is 0 Å². The van der Waals surface area contributed by atoms with Crippen molar-refractivity contribution in [3.63, 3.8) is 0 Å². The van der Waals surface area contributed by atoms with Crippen LogP contribution in [0.15, 0.2) is 0 Å². The van der Waals surface area contributed by atoms with Crippen molar-refractivity contribution in [2.75, 3.05) is 6.54 Å². The molecule has 72 valence electrons. The summed E-state index contributed by atoms with van der Waals surface area (Å²) in [6, 6.07) is 0. The molecule has 0 aromatic carbocycles. The molecule has 13 heavy (non-hydrogen) atoms. The Hall–Kier alpha value is -1.17. The highest BCUT2D eigenvalue weighted by atomic mass is 16.4. The number of hydrogen-bond donors (Lipinski definition) is 2. The fraction of sp³-hybridized carbons (Fsp3) is 0.700. The lowest BCUT2D eigenvalue weighted by Gasteiger charge is -2.25. The minimum absolute atomic E-state index is 0.418. The zero-order valence-electron chi connectivity index (χ0n) is 7.62. The van der Waals surface area contributed by atoms with Gasteiger partial charge in [0.1, 0.15) is 0 Å². The molecule has 2 N–H and O–H groups in total. The highest BCUT2D eigenvalue weighted by molar-refractivity contribution is 5.64. The van der Waals surface area contributed by atoms with Crippen molar-refractivity contribution in [2.24, 2.45) is 11.8 Å². The molecule has 1 aliphatic rings. The molecule has 0 bridgehead atoms. The molecule has 1 rings (SSSR count). The number of carboxylic acid groups (broad SMARTS) is 1. The molecule has 0 aliphatic heterocycles. The Labute approximate surface area is 78.5 Å². The molecule has 0 unspecified atom stereocenters. The van der Waals surface area contributed by atoms with Crippen molar-refractivity contribution in [3.8, 4) is 12.3 Å². The number of terminal acetylenes is 1. The van der Waals surface area contributed by atoms with E-state index in [1.54, 1.807) is 0 Å². The largest absolute Gasteiger partial charge is 0.465 e. The van der Waals surface area contributed by atoms with Crippen molar-refractivity contribution in [2.45, 2.75) is 25.7 Å². The first-order valence-corrected chi connectivity index (χ1v) is 4.65. The van der Waals surface area contributed by atoms with Crippen LogP contribution in [0.4, 0.5) is 4.79 Å². The Balaban J connectivity index is 2.18. The third-order valence-corrected chi connectivity index (χ3v) is 2.62. The molecule has 0 radical (unpaired) electrons. The third-order valence-electron chi connectivity index (χ3n) is 2.62. The minimum Gasteiger partial charge on any atom is -0.465 e. The molecule has 0 aromatic rings. The summed E-state index contributed by atoms with van der Waals surface area (Å²) < 4.78 is 0. The van der Waals surface area contributed by atoms with Gasteiger partial charge in [-0.3, -0.25) is 0 Å². The van der Waals surface area contributed by atoms with E-state index in [1.165, 1.54) is 0 Å². The fourth-order valence-electron chi connectivity index (χ4n) is 1.76. The van der Waals surface area contributed by atoms with Crippen LogP contribution in [0.2, 0.25) is 0 Å². The first-order valence-electron chi connectivity index (χ1n) is 4.65. The number of hydrogen-bond acceptors (Lipinski definition) is 1. The molecule has 1 fully saturated rings. The van der Waals surface area contributed by atoms with E-state index in [0.717, 1.165) is 25.7 Å². The van der Waals surface area contributed by atoms with Gasteiger partial charge in [-0.25, -0.2) is 4.79 Å². The predicted octanol–water partition coefficient (Wildman–Crippen LogP) is 1.69. The summed E-state index contributed by atoms with van der Waals surface area (Å²) in [7, 11) is 0. The maximum Gasteiger partial charge on any atom is 0.404 e. The lowest BCUT2D eigenvalue weighted by atomic mass is 9.82. The van der Waals surface area contributed by atoms with Crippen LogP contribution < -0.4 is 5.32 Å². The Kier molecular flexibility index (Phi) is 3.63. The van der Waals surface area contributed by atoms with Crippen LogP contribution in [0, 0.1) is 24.2 Å². The van der Waals surface area contributed by atoms with E-state index in [0.29, 0.717) is 18.4 Å². The second kappa shape index (κ2) is 4.76. The maximum absolute atomic E-state index is 10.2. The molecule has 0 saturated heterocycles. The van der Waals surface area contributed by atoms with Gasteiger partial charge in [0, 0.05) is 12.5 Å². The topological polar surface area (TPSA) is 49.3 Å². The SMILES string of the molecule is C#C[C@H]1CC[C@H](CNC(=O)O)CC1. The first kappa shape index (κ1) is 9.91. The fourth-order valence-corrected chi connectivity index (χ4v) is 1.76. The highest BCUT2D eigenvalue weighted by Gasteiger charge is 2.19. The smallest absolute Gasteiger partial charge is 0.404 e. The molecular formula is C10H15NO2. The second-order valence-corrected chi connectivity index (χ2v) is 3.57. The van der Waals surface area contributed by atoms with Crippen molar-refractivity contribution >= 4 is 6.09 Å². The third kappa shape index (κ3) is 3.37. The van der Waals surface area contributed by atoms with Gasteiger partial charge in [-0.15, -0.1) is 12.3 Å². The van der Waals surface area contributed by atoms with Crippen LogP contribution in [0.3, 0.4) is 0 Å². The Morgan fingerprint density at radius 3 is 2.54 bits per heavy atom. The quantitative estimate of drug-likeness (QED) is 0.637. The lowest BCUT2D eigenvalue weighted by molar-refractivity contribution is 0.189. The summed E-state index contributed by atoms with van der Waals surface area (Å²) in [6.07, 6.45) is 8.57. The standard InChI is InChI=1S/C10H15NO2/c1-2-8-3-5-9(6-4-8)7-11-10(12)13/h1,8-9,11H,3-7H2,(H,12,13)/t8-,9-. The summed E-state index contributed by atoms with van der Waals surface area (Å²) in [6.45, 7) is 0.576. The van der Waals surface area contributed by atoms with E-state index < -0.39 is 6.09 Å². The minimum atomic E-state index is -0.931. The van der Waals surface area contributed by atoms with Gasteiger partial charge in [0.25, 0.3) is 0 Å². The van der Waals surface area contributed by atoms with Crippen molar-refractivity contribution in [3.05, 3.63) is 0 Å². The lowest BCUT2D eigenvalue weighted by Crippen LogP contribution is -2.29.